The molecule has 0 unspecified atom stereocenters. The zero-order chi connectivity index (χ0) is 18.2. The zero-order valence-electron chi connectivity index (χ0n) is 15.1. The average molecular weight is 346 g/mol. The van der Waals surface area contributed by atoms with E-state index in [1.807, 2.05) is 11.0 Å². The van der Waals surface area contributed by atoms with Gasteiger partial charge >= 0.3 is 0 Å². The molecule has 2 rings (SSSR count). The van der Waals surface area contributed by atoms with Gasteiger partial charge in [-0.25, -0.2) is 0 Å². The van der Waals surface area contributed by atoms with E-state index in [4.69, 9.17) is 9.47 Å². The molecule has 1 aliphatic heterocycles. The second-order valence-electron chi connectivity index (χ2n) is 6.06. The van der Waals surface area contributed by atoms with Crippen molar-refractivity contribution in [3.05, 3.63) is 29.5 Å². The van der Waals surface area contributed by atoms with Crippen LogP contribution in [0.2, 0.25) is 0 Å². The predicted octanol–water partition coefficient (Wildman–Crippen LogP) is 2.58. The molecular weight excluding hydrogens is 320 g/mol. The smallest absolute Gasteiger partial charge is 0.270 e. The van der Waals surface area contributed by atoms with Crippen molar-refractivity contribution in [1.29, 1.82) is 0 Å². The van der Waals surface area contributed by atoms with E-state index < -0.39 is 0 Å². The molecule has 0 aromatic heterocycles. The number of rotatable bonds is 5. The SMILES string of the molecule is COc1ccc(C=C(NC(C)=O)C(=O)N2CCCCCC2)cc1OC. The largest absolute Gasteiger partial charge is 0.493 e. The lowest BCUT2D eigenvalue weighted by Crippen LogP contribution is -2.38. The maximum absolute atomic E-state index is 12.9. The van der Waals surface area contributed by atoms with Crippen molar-refractivity contribution >= 4 is 17.9 Å². The van der Waals surface area contributed by atoms with E-state index in [0.717, 1.165) is 44.3 Å². The Kier molecular flexibility index (Phi) is 6.86. The molecule has 0 atom stereocenters. The minimum Gasteiger partial charge on any atom is -0.493 e. The molecule has 6 nitrogen and oxygen atoms in total. The van der Waals surface area contributed by atoms with E-state index in [1.54, 1.807) is 32.4 Å². The first-order valence-corrected chi connectivity index (χ1v) is 8.55. The number of methoxy groups -OCH3 is 2. The minimum absolute atomic E-state index is 0.146. The molecule has 25 heavy (non-hydrogen) atoms. The molecule has 6 heteroatoms. The van der Waals surface area contributed by atoms with Crippen molar-refractivity contribution in [3.63, 3.8) is 0 Å². The Labute approximate surface area is 148 Å². The molecule has 1 N–H and O–H groups in total. The van der Waals surface area contributed by atoms with Gasteiger partial charge in [-0.2, -0.15) is 0 Å². The number of nitrogens with zero attached hydrogens (tertiary/aromatic N) is 1. The normalized spacial score (nSPS) is 15.3. The van der Waals surface area contributed by atoms with Gasteiger partial charge in [-0.3, -0.25) is 9.59 Å². The summed E-state index contributed by atoms with van der Waals surface area (Å²) in [5.74, 6) is 0.766. The third-order valence-electron chi connectivity index (χ3n) is 4.15. The second kappa shape index (κ2) is 9.11. The van der Waals surface area contributed by atoms with Crippen LogP contribution in [0.1, 0.15) is 38.2 Å². The molecule has 2 amide bonds. The number of carbonyl (C=O) groups is 2. The first-order chi connectivity index (χ1) is 12.0. The van der Waals surface area contributed by atoms with E-state index in [9.17, 15) is 9.59 Å². The van der Waals surface area contributed by atoms with Crippen LogP contribution in [0.25, 0.3) is 6.08 Å². The number of nitrogens with one attached hydrogen (secondary N) is 1. The van der Waals surface area contributed by atoms with E-state index in [2.05, 4.69) is 5.32 Å². The molecule has 1 saturated heterocycles. The van der Waals surface area contributed by atoms with Crippen molar-refractivity contribution in [1.82, 2.24) is 10.2 Å². The van der Waals surface area contributed by atoms with Crippen LogP contribution >= 0.6 is 0 Å². The van der Waals surface area contributed by atoms with Crippen LogP contribution in [0.3, 0.4) is 0 Å². The first-order valence-electron chi connectivity index (χ1n) is 8.55. The molecule has 1 aliphatic rings. The van der Waals surface area contributed by atoms with Gasteiger partial charge in [0.15, 0.2) is 11.5 Å². The van der Waals surface area contributed by atoms with E-state index in [-0.39, 0.29) is 17.5 Å². The quantitative estimate of drug-likeness (QED) is 0.832. The third-order valence-corrected chi connectivity index (χ3v) is 4.15. The van der Waals surface area contributed by atoms with Crippen molar-refractivity contribution in [2.75, 3.05) is 27.3 Å². The summed E-state index contributed by atoms with van der Waals surface area (Å²) in [5.41, 5.74) is 1.03. The summed E-state index contributed by atoms with van der Waals surface area (Å²) in [7, 11) is 3.13. The van der Waals surface area contributed by atoms with E-state index >= 15 is 0 Å². The number of likely N-dealkylation sites (tertiary alicyclic amines) is 1. The monoisotopic (exact) mass is 346 g/mol. The fourth-order valence-corrected chi connectivity index (χ4v) is 2.89. The van der Waals surface area contributed by atoms with Gasteiger partial charge in [-0.15, -0.1) is 0 Å². The van der Waals surface area contributed by atoms with Crippen molar-refractivity contribution in [3.8, 4) is 11.5 Å². The molecule has 0 bridgehead atoms. The van der Waals surface area contributed by atoms with Gasteiger partial charge in [0.25, 0.3) is 5.91 Å². The van der Waals surface area contributed by atoms with Crippen LogP contribution in [0.15, 0.2) is 23.9 Å². The van der Waals surface area contributed by atoms with Crippen LogP contribution in [0, 0.1) is 0 Å². The summed E-state index contributed by atoms with van der Waals surface area (Å²) in [4.78, 5) is 26.2. The highest BCUT2D eigenvalue weighted by molar-refractivity contribution is 6.01. The number of benzene rings is 1. The maximum atomic E-state index is 12.9. The van der Waals surface area contributed by atoms with Crippen molar-refractivity contribution in [2.45, 2.75) is 32.6 Å². The molecule has 0 radical (unpaired) electrons. The Morgan fingerprint density at radius 2 is 1.68 bits per heavy atom. The molecule has 0 spiro atoms. The fourth-order valence-electron chi connectivity index (χ4n) is 2.89. The first kappa shape index (κ1) is 18.8. The summed E-state index contributed by atoms with van der Waals surface area (Å²) in [6.07, 6.45) is 5.94. The summed E-state index contributed by atoms with van der Waals surface area (Å²) in [6, 6.07) is 5.36. The summed E-state index contributed by atoms with van der Waals surface area (Å²) >= 11 is 0. The molecule has 1 aromatic rings. The molecule has 136 valence electrons. The Hall–Kier alpha value is -2.50. The Morgan fingerprint density at radius 1 is 1.04 bits per heavy atom. The van der Waals surface area contributed by atoms with Crippen LogP contribution in [-0.4, -0.2) is 44.0 Å². The van der Waals surface area contributed by atoms with Gasteiger partial charge in [0.2, 0.25) is 5.91 Å². The van der Waals surface area contributed by atoms with Crippen molar-refractivity contribution in [2.24, 2.45) is 0 Å². The second-order valence-corrected chi connectivity index (χ2v) is 6.06. The van der Waals surface area contributed by atoms with Gasteiger partial charge < -0.3 is 19.7 Å². The summed E-state index contributed by atoms with van der Waals surface area (Å²) in [6.45, 7) is 2.85. The topological polar surface area (TPSA) is 67.9 Å². The van der Waals surface area contributed by atoms with Gasteiger partial charge in [0, 0.05) is 20.0 Å². The van der Waals surface area contributed by atoms with Crippen LogP contribution < -0.4 is 14.8 Å². The Bertz CT molecular complexity index is 647. The van der Waals surface area contributed by atoms with Gasteiger partial charge in [0.1, 0.15) is 5.70 Å². The highest BCUT2D eigenvalue weighted by Crippen LogP contribution is 2.28. The number of hydrogen-bond acceptors (Lipinski definition) is 4. The van der Waals surface area contributed by atoms with Crippen LogP contribution in [0.5, 0.6) is 11.5 Å². The van der Waals surface area contributed by atoms with Crippen molar-refractivity contribution < 1.29 is 19.1 Å². The van der Waals surface area contributed by atoms with Gasteiger partial charge in [-0.1, -0.05) is 18.9 Å². The highest BCUT2D eigenvalue weighted by Gasteiger charge is 2.20. The number of carbonyl (C=O) groups excluding carboxylic acids is 2. The lowest BCUT2D eigenvalue weighted by atomic mass is 10.1. The van der Waals surface area contributed by atoms with Crippen LogP contribution in [0.4, 0.5) is 0 Å². The predicted molar refractivity (Wildman–Crippen MR) is 96.4 cm³/mol. The Balaban J connectivity index is 2.30. The maximum Gasteiger partial charge on any atom is 0.270 e. The molecule has 1 fully saturated rings. The highest BCUT2D eigenvalue weighted by atomic mass is 16.5. The number of amides is 2. The Morgan fingerprint density at radius 3 is 2.24 bits per heavy atom. The molecule has 1 heterocycles. The van der Waals surface area contributed by atoms with E-state index in [1.165, 1.54) is 6.92 Å². The lowest BCUT2D eigenvalue weighted by molar-refractivity contribution is -0.129. The molecule has 0 aliphatic carbocycles. The van der Waals surface area contributed by atoms with Crippen LogP contribution in [-0.2, 0) is 9.59 Å². The average Bonchev–Trinajstić information content (AvgIpc) is 2.89. The fraction of sp³-hybridized carbons (Fsp3) is 0.474. The molecular formula is C19H26N2O4. The number of ether oxygens (including phenoxy) is 2. The lowest BCUT2D eigenvalue weighted by Gasteiger charge is -2.22. The third kappa shape index (κ3) is 5.24. The summed E-state index contributed by atoms with van der Waals surface area (Å²) < 4.78 is 10.5. The molecule has 0 saturated carbocycles. The minimum atomic E-state index is -0.269. The standard InChI is InChI=1S/C19H26N2O4/c1-14(22)20-16(19(23)21-10-6-4-5-7-11-21)12-15-8-9-17(24-2)18(13-15)25-3/h8-9,12-13H,4-7,10-11H2,1-3H3,(H,20,22). The summed E-state index contributed by atoms with van der Waals surface area (Å²) in [5, 5.41) is 2.67. The van der Waals surface area contributed by atoms with E-state index in [0.29, 0.717) is 11.5 Å². The van der Waals surface area contributed by atoms with Gasteiger partial charge in [0.05, 0.1) is 14.2 Å². The van der Waals surface area contributed by atoms with Gasteiger partial charge in [-0.05, 0) is 36.6 Å². The zero-order valence-corrected chi connectivity index (χ0v) is 15.1. The number of hydrogen-bond donors (Lipinski definition) is 1. The molecule has 1 aromatic carbocycles.